The summed E-state index contributed by atoms with van der Waals surface area (Å²) in [6, 6.07) is 5.83. The van der Waals surface area contributed by atoms with Crippen molar-refractivity contribution >= 4 is 35.8 Å². The van der Waals surface area contributed by atoms with Crippen LogP contribution in [0, 0.1) is 11.8 Å². The van der Waals surface area contributed by atoms with Crippen molar-refractivity contribution < 1.29 is 47.7 Å². The van der Waals surface area contributed by atoms with E-state index in [4.69, 9.17) is 9.47 Å². The lowest BCUT2D eigenvalue weighted by molar-refractivity contribution is 0.0296. The largest absolute Gasteiger partial charge is 0.462 e. The van der Waals surface area contributed by atoms with Gasteiger partial charge >= 0.3 is 35.8 Å². The number of cyclic esters (lactones) is 4. The van der Waals surface area contributed by atoms with Gasteiger partial charge in [0.25, 0.3) is 0 Å². The zero-order valence-electron chi connectivity index (χ0n) is 22.2. The predicted octanol–water partition coefficient (Wildman–Crippen LogP) is 4.25. The normalized spacial score (nSPS) is 19.6. The minimum absolute atomic E-state index is 0.136. The molecule has 0 radical (unpaired) electrons. The van der Waals surface area contributed by atoms with Crippen LogP contribution in [0.3, 0.4) is 0 Å². The molecule has 40 heavy (non-hydrogen) atoms. The smallest absolute Gasteiger partial charge is 0.347 e. The first kappa shape index (κ1) is 27.2. The molecule has 2 aromatic rings. The Morgan fingerprint density at radius 1 is 0.650 bits per heavy atom. The lowest BCUT2D eigenvalue weighted by atomic mass is 9.83. The third-order valence-electron chi connectivity index (χ3n) is 7.86. The van der Waals surface area contributed by atoms with Crippen LogP contribution in [0.15, 0.2) is 24.3 Å². The Labute approximate surface area is 229 Å². The van der Waals surface area contributed by atoms with E-state index in [1.165, 1.54) is 24.3 Å². The number of carbonyl (C=O) groups is 6. The average Bonchev–Trinajstić information content (AvgIpc) is 3.42. The van der Waals surface area contributed by atoms with Gasteiger partial charge in [-0.2, -0.15) is 0 Å². The first-order chi connectivity index (χ1) is 19.2. The molecule has 10 heteroatoms. The number of ether oxygens (including phenoxy) is 4. The van der Waals surface area contributed by atoms with Crippen LogP contribution in [0.2, 0.25) is 0 Å². The first-order valence-corrected chi connectivity index (χ1v) is 13.4. The second-order valence-corrected chi connectivity index (χ2v) is 10.2. The van der Waals surface area contributed by atoms with E-state index >= 15 is 0 Å². The molecule has 1 aliphatic carbocycles. The molecule has 2 aliphatic heterocycles. The van der Waals surface area contributed by atoms with Crippen molar-refractivity contribution in [1.82, 2.24) is 0 Å². The van der Waals surface area contributed by atoms with E-state index in [-0.39, 0.29) is 58.4 Å². The lowest BCUT2D eigenvalue weighted by Crippen LogP contribution is -2.24. The number of rotatable bonds is 8. The fourth-order valence-corrected chi connectivity index (χ4v) is 5.71. The molecule has 1 saturated carbocycles. The number of hydrogen-bond acceptors (Lipinski definition) is 10. The summed E-state index contributed by atoms with van der Waals surface area (Å²) in [5.74, 6) is -3.71. The number of hydrogen-bond donors (Lipinski definition) is 0. The molecule has 0 aromatic heterocycles. The van der Waals surface area contributed by atoms with Crippen LogP contribution in [0.1, 0.15) is 113 Å². The minimum atomic E-state index is -0.745. The third-order valence-corrected chi connectivity index (χ3v) is 7.86. The summed E-state index contributed by atoms with van der Waals surface area (Å²) in [5.41, 5.74) is 2.00. The second-order valence-electron chi connectivity index (χ2n) is 10.2. The van der Waals surface area contributed by atoms with E-state index in [1.54, 1.807) is 13.8 Å². The quantitative estimate of drug-likeness (QED) is 0.267. The fourth-order valence-electron chi connectivity index (χ4n) is 5.71. The van der Waals surface area contributed by atoms with E-state index in [1.807, 2.05) is 0 Å². The summed E-state index contributed by atoms with van der Waals surface area (Å²) in [7, 11) is 0. The lowest BCUT2D eigenvalue weighted by Gasteiger charge is -2.28. The second kappa shape index (κ2) is 11.0. The summed E-state index contributed by atoms with van der Waals surface area (Å²) in [5, 5.41) is 0. The van der Waals surface area contributed by atoms with E-state index in [0.29, 0.717) is 24.0 Å². The van der Waals surface area contributed by atoms with E-state index in [2.05, 4.69) is 9.47 Å². The zero-order chi connectivity index (χ0) is 28.6. The number of esters is 6. The standard InChI is InChI=1S/C30H28O10/c1-3-17-19(9-11-21-23(17)29(35)39-27(21)33)25(31)37-13-15-5-7-16(8-6-15)14-38-26(32)20-10-12-22-24(18(20)4-2)30(36)40-28(22)34/h9-12,15-16H,3-8,13-14H2,1-2H3. The highest BCUT2D eigenvalue weighted by atomic mass is 16.6. The maximum Gasteiger partial charge on any atom is 0.347 e. The van der Waals surface area contributed by atoms with Crippen molar-refractivity contribution in [2.75, 3.05) is 13.2 Å². The molecule has 3 aliphatic rings. The van der Waals surface area contributed by atoms with Crippen molar-refractivity contribution in [3.8, 4) is 0 Å². The molecule has 10 nitrogen and oxygen atoms in total. The molecule has 0 saturated heterocycles. The number of fused-ring (bicyclic) bond motifs is 2. The summed E-state index contributed by atoms with van der Waals surface area (Å²) in [6.07, 6.45) is 3.88. The highest BCUT2D eigenvalue weighted by Crippen LogP contribution is 2.32. The van der Waals surface area contributed by atoms with Crippen molar-refractivity contribution in [1.29, 1.82) is 0 Å². The van der Waals surface area contributed by atoms with Gasteiger partial charge in [0.15, 0.2) is 0 Å². The molecule has 0 spiro atoms. The van der Waals surface area contributed by atoms with Crippen LogP contribution in [0.25, 0.3) is 0 Å². The molecule has 0 N–H and O–H groups in total. The van der Waals surface area contributed by atoms with Crippen molar-refractivity contribution in [2.24, 2.45) is 11.8 Å². The summed E-state index contributed by atoms with van der Waals surface area (Å²) in [4.78, 5) is 73.5. The van der Waals surface area contributed by atoms with Gasteiger partial charge in [-0.05, 0) is 85.8 Å². The summed E-state index contributed by atoms with van der Waals surface area (Å²) in [6.45, 7) is 4.02. The van der Waals surface area contributed by atoms with Gasteiger partial charge in [-0.15, -0.1) is 0 Å². The third kappa shape index (κ3) is 4.89. The molecule has 1 fully saturated rings. The Hall–Kier alpha value is -4.34. The van der Waals surface area contributed by atoms with Crippen molar-refractivity contribution in [3.63, 3.8) is 0 Å². The molecule has 0 amide bonds. The molecule has 2 aromatic carbocycles. The van der Waals surface area contributed by atoms with E-state index in [0.717, 1.165) is 25.7 Å². The van der Waals surface area contributed by atoms with Crippen molar-refractivity contribution in [2.45, 2.75) is 52.4 Å². The maximum atomic E-state index is 12.8. The monoisotopic (exact) mass is 548 g/mol. The van der Waals surface area contributed by atoms with Gasteiger partial charge in [0, 0.05) is 0 Å². The van der Waals surface area contributed by atoms with Crippen LogP contribution in [-0.4, -0.2) is 49.0 Å². The molecule has 0 unspecified atom stereocenters. The fraction of sp³-hybridized carbons (Fsp3) is 0.400. The van der Waals surface area contributed by atoms with Gasteiger partial charge in [0.1, 0.15) is 0 Å². The maximum absolute atomic E-state index is 12.8. The van der Waals surface area contributed by atoms with Crippen LogP contribution < -0.4 is 0 Å². The van der Waals surface area contributed by atoms with Gasteiger partial charge in [0.2, 0.25) is 0 Å². The molecule has 5 rings (SSSR count). The SMILES string of the molecule is CCc1c(C(=O)OCC2CCC(COC(=O)c3ccc4c(c3CC)C(=O)OC4=O)CC2)ccc2c1C(=O)OC2=O. The molecular formula is C30H28O10. The highest BCUT2D eigenvalue weighted by molar-refractivity contribution is 6.17. The van der Waals surface area contributed by atoms with E-state index < -0.39 is 35.8 Å². The molecule has 0 bridgehead atoms. The predicted molar refractivity (Wildman–Crippen MR) is 137 cm³/mol. The van der Waals surface area contributed by atoms with Gasteiger partial charge < -0.3 is 18.9 Å². The minimum Gasteiger partial charge on any atom is -0.462 e. The van der Waals surface area contributed by atoms with Crippen LogP contribution in [0.5, 0.6) is 0 Å². The Balaban J connectivity index is 1.12. The van der Waals surface area contributed by atoms with Gasteiger partial charge in [-0.1, -0.05) is 13.8 Å². The van der Waals surface area contributed by atoms with E-state index in [9.17, 15) is 28.8 Å². The van der Waals surface area contributed by atoms with Crippen LogP contribution in [0.4, 0.5) is 0 Å². The highest BCUT2D eigenvalue weighted by Gasteiger charge is 2.36. The molecular weight excluding hydrogens is 520 g/mol. The Bertz CT molecular complexity index is 1340. The zero-order valence-corrected chi connectivity index (χ0v) is 22.2. The van der Waals surface area contributed by atoms with Crippen LogP contribution >= 0.6 is 0 Å². The molecule has 0 atom stereocenters. The number of carbonyl (C=O) groups excluding carboxylic acids is 6. The first-order valence-electron chi connectivity index (χ1n) is 13.4. The van der Waals surface area contributed by atoms with Crippen molar-refractivity contribution in [3.05, 3.63) is 68.8 Å². The topological polar surface area (TPSA) is 139 Å². The molecule has 208 valence electrons. The van der Waals surface area contributed by atoms with Gasteiger partial charge in [-0.25, -0.2) is 28.8 Å². The Morgan fingerprint density at radius 3 is 1.38 bits per heavy atom. The Kier molecular flexibility index (Phi) is 7.51. The van der Waals surface area contributed by atoms with Gasteiger partial charge in [-0.3, -0.25) is 0 Å². The Morgan fingerprint density at radius 2 is 1.02 bits per heavy atom. The average molecular weight is 549 g/mol. The summed E-state index contributed by atoms with van der Waals surface area (Å²) >= 11 is 0. The van der Waals surface area contributed by atoms with Gasteiger partial charge in [0.05, 0.1) is 46.6 Å². The number of benzene rings is 2. The van der Waals surface area contributed by atoms with Crippen LogP contribution in [-0.2, 0) is 31.8 Å². The molecule has 2 heterocycles. The summed E-state index contributed by atoms with van der Waals surface area (Å²) < 4.78 is 20.5.